The van der Waals surface area contributed by atoms with Gasteiger partial charge in [-0.3, -0.25) is 4.79 Å². The van der Waals surface area contributed by atoms with Crippen molar-refractivity contribution in [2.24, 2.45) is 0 Å². The molecule has 0 aliphatic heterocycles. The smallest absolute Gasteiger partial charge is 0.294 e. The molecule has 2 aromatic heterocycles. The van der Waals surface area contributed by atoms with Crippen molar-refractivity contribution < 1.29 is 13.7 Å². The van der Waals surface area contributed by atoms with Crippen LogP contribution in [0.2, 0.25) is 5.22 Å². The third-order valence-electron chi connectivity index (χ3n) is 1.52. The Hall–Kier alpha value is -1.62. The highest BCUT2D eigenvalue weighted by Crippen LogP contribution is 2.21. The highest BCUT2D eigenvalue weighted by atomic mass is 35.5. The lowest BCUT2D eigenvalue weighted by Gasteiger charge is -1.83. The zero-order valence-electron chi connectivity index (χ0n) is 7.15. The summed E-state index contributed by atoms with van der Waals surface area (Å²) >= 11 is 5.56. The molecule has 0 saturated carbocycles. The zero-order valence-corrected chi connectivity index (χ0v) is 7.91. The normalized spacial score (nSPS) is 10.4. The number of ketones is 1. The van der Waals surface area contributed by atoms with E-state index in [2.05, 4.69) is 14.7 Å². The third-order valence-corrected chi connectivity index (χ3v) is 1.72. The molecule has 14 heavy (non-hydrogen) atoms. The Labute approximate surface area is 83.7 Å². The molecule has 6 heteroatoms. The number of carbonyl (C=O) groups excluding carboxylic acids is 1. The van der Waals surface area contributed by atoms with E-state index in [4.69, 9.17) is 16.0 Å². The Morgan fingerprint density at radius 3 is 2.79 bits per heavy atom. The SMILES string of the molecule is CC(=O)c1nc(-c2ccc(Cl)o2)no1. The van der Waals surface area contributed by atoms with Crippen molar-refractivity contribution in [2.45, 2.75) is 6.92 Å². The maximum Gasteiger partial charge on any atom is 0.294 e. The Morgan fingerprint density at radius 2 is 2.29 bits per heavy atom. The number of furan rings is 1. The quantitative estimate of drug-likeness (QED) is 0.714. The largest absolute Gasteiger partial charge is 0.441 e. The van der Waals surface area contributed by atoms with E-state index >= 15 is 0 Å². The van der Waals surface area contributed by atoms with Gasteiger partial charge in [-0.05, 0) is 23.7 Å². The molecule has 2 rings (SSSR count). The molecule has 72 valence electrons. The van der Waals surface area contributed by atoms with Crippen molar-refractivity contribution in [3.63, 3.8) is 0 Å². The lowest BCUT2D eigenvalue weighted by Crippen LogP contribution is -1.90. The highest BCUT2D eigenvalue weighted by Gasteiger charge is 2.14. The van der Waals surface area contributed by atoms with E-state index < -0.39 is 0 Å². The molecule has 2 heterocycles. The van der Waals surface area contributed by atoms with Gasteiger partial charge in [-0.1, -0.05) is 5.16 Å². The monoisotopic (exact) mass is 212 g/mol. The van der Waals surface area contributed by atoms with Gasteiger partial charge in [0.25, 0.3) is 5.89 Å². The lowest BCUT2D eigenvalue weighted by atomic mass is 10.4. The van der Waals surface area contributed by atoms with E-state index in [1.807, 2.05) is 0 Å². The Bertz CT molecular complexity index is 474. The first kappa shape index (κ1) is 8.96. The molecular formula is C8H5ClN2O3. The number of halogens is 1. The first-order valence-corrected chi connectivity index (χ1v) is 4.15. The van der Waals surface area contributed by atoms with Crippen LogP contribution in [0.4, 0.5) is 0 Å². The molecule has 0 aromatic carbocycles. The summed E-state index contributed by atoms with van der Waals surface area (Å²) in [5, 5.41) is 3.79. The number of rotatable bonds is 2. The van der Waals surface area contributed by atoms with Crippen LogP contribution in [0.5, 0.6) is 0 Å². The standard InChI is InChI=1S/C8H5ClN2O3/c1-4(12)8-10-7(11-14-8)5-2-3-6(9)13-5/h2-3H,1H3. The predicted molar refractivity (Wildman–Crippen MR) is 47.0 cm³/mol. The van der Waals surface area contributed by atoms with E-state index in [0.29, 0.717) is 5.76 Å². The maximum atomic E-state index is 10.8. The fraction of sp³-hybridized carbons (Fsp3) is 0.125. The first-order chi connectivity index (χ1) is 6.66. The molecule has 0 spiro atoms. The van der Waals surface area contributed by atoms with Gasteiger partial charge in [0.05, 0.1) is 0 Å². The fourth-order valence-electron chi connectivity index (χ4n) is 0.901. The van der Waals surface area contributed by atoms with Crippen LogP contribution < -0.4 is 0 Å². The molecule has 0 unspecified atom stereocenters. The van der Waals surface area contributed by atoms with Gasteiger partial charge in [0.15, 0.2) is 11.0 Å². The van der Waals surface area contributed by atoms with Crippen molar-refractivity contribution in [3.05, 3.63) is 23.2 Å². The predicted octanol–water partition coefficient (Wildman–Crippen LogP) is 2.19. The topological polar surface area (TPSA) is 69.1 Å². The summed E-state index contributed by atoms with van der Waals surface area (Å²) in [7, 11) is 0. The van der Waals surface area contributed by atoms with Crippen molar-refractivity contribution in [1.82, 2.24) is 10.1 Å². The minimum absolute atomic E-state index is 0.0486. The number of hydrogen-bond donors (Lipinski definition) is 0. The van der Waals surface area contributed by atoms with Gasteiger partial charge in [-0.25, -0.2) is 0 Å². The van der Waals surface area contributed by atoms with E-state index in [9.17, 15) is 4.79 Å². The van der Waals surface area contributed by atoms with Crippen molar-refractivity contribution in [3.8, 4) is 11.6 Å². The van der Waals surface area contributed by atoms with Crippen molar-refractivity contribution >= 4 is 17.4 Å². The van der Waals surface area contributed by atoms with Crippen LogP contribution in [0.1, 0.15) is 17.6 Å². The Morgan fingerprint density at radius 1 is 1.50 bits per heavy atom. The molecule has 0 N–H and O–H groups in total. The summed E-state index contributed by atoms with van der Waals surface area (Å²) in [5.41, 5.74) is 0. The van der Waals surface area contributed by atoms with Gasteiger partial charge in [-0.2, -0.15) is 4.98 Å². The highest BCUT2D eigenvalue weighted by molar-refractivity contribution is 6.28. The number of carbonyl (C=O) groups is 1. The summed E-state index contributed by atoms with van der Waals surface area (Å²) in [5.74, 6) is 0.238. The molecule has 0 aliphatic rings. The summed E-state index contributed by atoms with van der Waals surface area (Å²) in [6, 6.07) is 3.15. The molecule has 0 fully saturated rings. The number of hydrogen-bond acceptors (Lipinski definition) is 5. The van der Waals surface area contributed by atoms with Crippen LogP contribution in [0.3, 0.4) is 0 Å². The summed E-state index contributed by atoms with van der Waals surface area (Å²) in [6.07, 6.45) is 0. The summed E-state index contributed by atoms with van der Waals surface area (Å²) in [4.78, 5) is 14.7. The summed E-state index contributed by atoms with van der Waals surface area (Å²) in [6.45, 7) is 1.34. The lowest BCUT2D eigenvalue weighted by molar-refractivity contribution is 0.0972. The molecule has 5 nitrogen and oxygen atoms in total. The minimum Gasteiger partial charge on any atom is -0.441 e. The first-order valence-electron chi connectivity index (χ1n) is 3.77. The van der Waals surface area contributed by atoms with E-state index in [1.54, 1.807) is 12.1 Å². The molecule has 0 amide bonds. The van der Waals surface area contributed by atoms with Crippen molar-refractivity contribution in [1.29, 1.82) is 0 Å². The van der Waals surface area contributed by atoms with Gasteiger partial charge in [0, 0.05) is 6.92 Å². The molecule has 0 aliphatic carbocycles. The number of Topliss-reactive ketones (excluding diaryl/α,β-unsaturated/α-hetero) is 1. The van der Waals surface area contributed by atoms with Crippen molar-refractivity contribution in [2.75, 3.05) is 0 Å². The molecule has 0 saturated heterocycles. The van der Waals surface area contributed by atoms with Gasteiger partial charge in [0.2, 0.25) is 11.6 Å². The third kappa shape index (κ3) is 1.54. The van der Waals surface area contributed by atoms with Gasteiger partial charge in [-0.15, -0.1) is 0 Å². The van der Waals surface area contributed by atoms with E-state index in [0.717, 1.165) is 0 Å². The molecule has 0 bridgehead atoms. The Kier molecular flexibility index (Phi) is 2.09. The molecule has 0 atom stereocenters. The number of aromatic nitrogens is 2. The Balaban J connectivity index is 2.38. The zero-order chi connectivity index (χ0) is 10.1. The van der Waals surface area contributed by atoms with Gasteiger partial charge < -0.3 is 8.94 Å². The number of nitrogens with zero attached hydrogens (tertiary/aromatic N) is 2. The molecule has 0 radical (unpaired) electrons. The minimum atomic E-state index is -0.290. The molecular weight excluding hydrogens is 208 g/mol. The summed E-state index contributed by atoms with van der Waals surface area (Å²) < 4.78 is 9.71. The second-order valence-corrected chi connectivity index (χ2v) is 2.96. The second kappa shape index (κ2) is 3.26. The van der Waals surface area contributed by atoms with E-state index in [-0.39, 0.29) is 22.7 Å². The van der Waals surface area contributed by atoms with Gasteiger partial charge in [0.1, 0.15) is 0 Å². The maximum absolute atomic E-state index is 10.8. The fourth-order valence-corrected chi connectivity index (χ4v) is 1.05. The van der Waals surface area contributed by atoms with Crippen LogP contribution in [-0.2, 0) is 0 Å². The van der Waals surface area contributed by atoms with E-state index in [1.165, 1.54) is 6.92 Å². The van der Waals surface area contributed by atoms with Crippen LogP contribution in [0.15, 0.2) is 21.1 Å². The van der Waals surface area contributed by atoms with Gasteiger partial charge >= 0.3 is 0 Å². The molecule has 2 aromatic rings. The van der Waals surface area contributed by atoms with Crippen LogP contribution in [-0.4, -0.2) is 15.9 Å². The average Bonchev–Trinajstić information content (AvgIpc) is 2.70. The van der Waals surface area contributed by atoms with Crippen LogP contribution in [0, 0.1) is 0 Å². The van der Waals surface area contributed by atoms with Crippen LogP contribution in [0.25, 0.3) is 11.6 Å². The second-order valence-electron chi connectivity index (χ2n) is 2.58. The average molecular weight is 213 g/mol. The van der Waals surface area contributed by atoms with Crippen LogP contribution >= 0.6 is 11.6 Å².